The average molecular weight is 259 g/mol. The van der Waals surface area contributed by atoms with Gasteiger partial charge in [-0.1, -0.05) is 42.5 Å². The Balaban J connectivity index is 1.82. The van der Waals surface area contributed by atoms with Crippen LogP contribution in [0, 0.1) is 0 Å². The molecule has 0 N–H and O–H groups in total. The van der Waals surface area contributed by atoms with Crippen LogP contribution < -0.4 is 9.67 Å². The van der Waals surface area contributed by atoms with E-state index in [1.807, 2.05) is 24.3 Å². The summed E-state index contributed by atoms with van der Waals surface area (Å²) in [7, 11) is 0. The smallest absolute Gasteiger partial charge is 0.214 e. The fourth-order valence-corrected chi connectivity index (χ4v) is 2.86. The highest BCUT2D eigenvalue weighted by Gasteiger charge is 2.26. The SMILES string of the molecule is [O-]c1ccc2c(c1)Cc1cc(-c3ccccc3)cc[n+]1-2. The fourth-order valence-electron chi connectivity index (χ4n) is 2.86. The highest BCUT2D eigenvalue weighted by atomic mass is 16.3. The number of hydrogen-bond donors (Lipinski definition) is 0. The second kappa shape index (κ2) is 4.20. The first-order chi connectivity index (χ1) is 9.81. The van der Waals surface area contributed by atoms with Crippen molar-refractivity contribution in [2.75, 3.05) is 0 Å². The number of hydrogen-bond acceptors (Lipinski definition) is 1. The molecule has 0 aliphatic carbocycles. The summed E-state index contributed by atoms with van der Waals surface area (Å²) < 4.78 is 2.17. The first-order valence-electron chi connectivity index (χ1n) is 6.71. The van der Waals surface area contributed by atoms with E-state index in [0.29, 0.717) is 0 Å². The summed E-state index contributed by atoms with van der Waals surface area (Å²) in [6, 6.07) is 20.0. The van der Waals surface area contributed by atoms with E-state index in [1.165, 1.54) is 16.8 Å². The third-order valence-corrected chi connectivity index (χ3v) is 3.82. The van der Waals surface area contributed by atoms with Gasteiger partial charge in [0.2, 0.25) is 5.69 Å². The van der Waals surface area contributed by atoms with Crippen molar-refractivity contribution in [1.29, 1.82) is 0 Å². The Morgan fingerprint density at radius 1 is 0.850 bits per heavy atom. The monoisotopic (exact) mass is 259 g/mol. The van der Waals surface area contributed by atoms with Gasteiger partial charge in [0.25, 0.3) is 0 Å². The topological polar surface area (TPSA) is 26.9 Å². The Hall–Kier alpha value is -2.61. The van der Waals surface area contributed by atoms with Gasteiger partial charge in [0.05, 0.1) is 6.42 Å². The molecule has 0 saturated heterocycles. The maximum Gasteiger partial charge on any atom is 0.214 e. The lowest BCUT2D eigenvalue weighted by atomic mass is 10.1. The van der Waals surface area contributed by atoms with Crippen molar-refractivity contribution in [3.05, 3.63) is 78.1 Å². The van der Waals surface area contributed by atoms with Crippen molar-refractivity contribution >= 4 is 0 Å². The van der Waals surface area contributed by atoms with E-state index in [1.54, 1.807) is 12.1 Å². The van der Waals surface area contributed by atoms with Crippen LogP contribution in [0.25, 0.3) is 16.8 Å². The Morgan fingerprint density at radius 2 is 1.70 bits per heavy atom. The van der Waals surface area contributed by atoms with Gasteiger partial charge in [-0.2, -0.15) is 4.57 Å². The maximum atomic E-state index is 11.5. The third kappa shape index (κ3) is 1.69. The van der Waals surface area contributed by atoms with Crippen molar-refractivity contribution in [2.45, 2.75) is 6.42 Å². The van der Waals surface area contributed by atoms with Crippen LogP contribution in [0.15, 0.2) is 66.9 Å². The van der Waals surface area contributed by atoms with Gasteiger partial charge in [0, 0.05) is 23.8 Å². The van der Waals surface area contributed by atoms with E-state index in [-0.39, 0.29) is 5.75 Å². The number of fused-ring (bicyclic) bond motifs is 3. The van der Waals surface area contributed by atoms with E-state index < -0.39 is 0 Å². The van der Waals surface area contributed by atoms with Crippen molar-refractivity contribution in [3.63, 3.8) is 0 Å². The predicted octanol–water partition coefficient (Wildman–Crippen LogP) is 2.61. The first-order valence-corrected chi connectivity index (χ1v) is 6.71. The molecule has 0 atom stereocenters. The highest BCUT2D eigenvalue weighted by Crippen LogP contribution is 2.26. The lowest BCUT2D eigenvalue weighted by Gasteiger charge is -2.04. The summed E-state index contributed by atoms with van der Waals surface area (Å²) in [6.45, 7) is 0. The van der Waals surface area contributed by atoms with Crippen molar-refractivity contribution in [2.24, 2.45) is 0 Å². The zero-order valence-electron chi connectivity index (χ0n) is 10.9. The van der Waals surface area contributed by atoms with Gasteiger partial charge in [-0.25, -0.2) is 0 Å². The van der Waals surface area contributed by atoms with Gasteiger partial charge in [0.1, 0.15) is 0 Å². The normalized spacial score (nSPS) is 12.0. The summed E-state index contributed by atoms with van der Waals surface area (Å²) in [5, 5.41) is 11.5. The van der Waals surface area contributed by atoms with Crippen LogP contribution in [-0.2, 0) is 6.42 Å². The lowest BCUT2D eigenvalue weighted by molar-refractivity contribution is -0.597. The van der Waals surface area contributed by atoms with Gasteiger partial charge in [-0.3, -0.25) is 0 Å². The van der Waals surface area contributed by atoms with E-state index in [4.69, 9.17) is 0 Å². The number of benzene rings is 2. The minimum Gasteiger partial charge on any atom is -0.872 e. The van der Waals surface area contributed by atoms with Gasteiger partial charge in [0.15, 0.2) is 11.9 Å². The second-order valence-corrected chi connectivity index (χ2v) is 5.11. The van der Waals surface area contributed by atoms with Crippen molar-refractivity contribution in [1.82, 2.24) is 0 Å². The summed E-state index contributed by atoms with van der Waals surface area (Å²) in [6.07, 6.45) is 2.92. The van der Waals surface area contributed by atoms with E-state index in [2.05, 4.69) is 35.0 Å². The molecule has 2 heterocycles. The summed E-state index contributed by atoms with van der Waals surface area (Å²) >= 11 is 0. The molecule has 0 bridgehead atoms. The largest absolute Gasteiger partial charge is 0.872 e. The van der Waals surface area contributed by atoms with Crippen LogP contribution in [0.3, 0.4) is 0 Å². The molecule has 0 fully saturated rings. The van der Waals surface area contributed by atoms with Gasteiger partial charge in [-0.15, -0.1) is 5.75 Å². The van der Waals surface area contributed by atoms with Crippen LogP contribution in [-0.4, -0.2) is 0 Å². The van der Waals surface area contributed by atoms with Crippen molar-refractivity contribution < 1.29 is 9.67 Å². The number of rotatable bonds is 1. The van der Waals surface area contributed by atoms with Crippen molar-refractivity contribution in [3.8, 4) is 22.6 Å². The molecule has 4 rings (SSSR count). The van der Waals surface area contributed by atoms with Crippen LogP contribution in [0.1, 0.15) is 11.3 Å². The molecule has 0 radical (unpaired) electrons. The Morgan fingerprint density at radius 3 is 2.55 bits per heavy atom. The minimum atomic E-state index is 0.0837. The second-order valence-electron chi connectivity index (χ2n) is 5.11. The molecule has 0 spiro atoms. The zero-order valence-corrected chi connectivity index (χ0v) is 10.9. The summed E-state index contributed by atoms with van der Waals surface area (Å²) in [5.41, 5.74) is 5.90. The van der Waals surface area contributed by atoms with E-state index in [9.17, 15) is 5.11 Å². The maximum absolute atomic E-state index is 11.5. The molecule has 2 heteroatoms. The fraction of sp³-hybridized carbons (Fsp3) is 0.0556. The van der Waals surface area contributed by atoms with Crippen LogP contribution in [0.4, 0.5) is 0 Å². The van der Waals surface area contributed by atoms with Crippen LogP contribution in [0.2, 0.25) is 0 Å². The Bertz CT molecular complexity index is 794. The Labute approximate surface area is 117 Å². The van der Waals surface area contributed by atoms with E-state index >= 15 is 0 Å². The zero-order chi connectivity index (χ0) is 13.5. The summed E-state index contributed by atoms with van der Waals surface area (Å²) in [5.74, 6) is 0.0837. The molecule has 3 aromatic rings. The van der Waals surface area contributed by atoms with Crippen LogP contribution >= 0.6 is 0 Å². The molecule has 0 saturated carbocycles. The molecule has 20 heavy (non-hydrogen) atoms. The van der Waals surface area contributed by atoms with Gasteiger partial charge >= 0.3 is 0 Å². The summed E-state index contributed by atoms with van der Waals surface area (Å²) in [4.78, 5) is 0. The van der Waals surface area contributed by atoms with Gasteiger partial charge < -0.3 is 5.11 Å². The predicted molar refractivity (Wildman–Crippen MR) is 75.7 cm³/mol. The molecule has 2 nitrogen and oxygen atoms in total. The molecular weight excluding hydrogens is 246 g/mol. The molecule has 0 unspecified atom stereocenters. The molecular formula is C18H13NO. The number of pyridine rings is 1. The first kappa shape index (κ1) is 11.2. The molecule has 96 valence electrons. The molecule has 1 aliphatic heterocycles. The number of aromatic nitrogens is 1. The lowest BCUT2D eigenvalue weighted by Crippen LogP contribution is -2.30. The molecule has 1 aliphatic rings. The Kier molecular flexibility index (Phi) is 2.36. The minimum absolute atomic E-state index is 0.0837. The average Bonchev–Trinajstić information content (AvgIpc) is 2.84. The molecule has 2 aromatic carbocycles. The quantitative estimate of drug-likeness (QED) is 0.483. The standard InChI is InChI=1S/C18H13NO/c20-17-6-7-18-15(12-17)11-16-10-14(8-9-19(16)18)13-4-2-1-3-5-13/h1-10,12H,11H2. The molecule has 0 amide bonds. The van der Waals surface area contributed by atoms with Crippen LogP contribution in [0.5, 0.6) is 5.75 Å². The van der Waals surface area contributed by atoms with Gasteiger partial charge in [-0.05, 0) is 11.1 Å². The number of nitrogens with zero attached hydrogens (tertiary/aromatic N) is 1. The highest BCUT2D eigenvalue weighted by molar-refractivity contribution is 5.63. The van der Waals surface area contributed by atoms with E-state index in [0.717, 1.165) is 17.7 Å². The third-order valence-electron chi connectivity index (χ3n) is 3.82. The molecule has 1 aromatic heterocycles.